The van der Waals surface area contributed by atoms with Gasteiger partial charge in [0.2, 0.25) is 0 Å². The van der Waals surface area contributed by atoms with Gasteiger partial charge in [-0.15, -0.1) is 0 Å². The lowest BCUT2D eigenvalue weighted by Gasteiger charge is -2.11. The van der Waals surface area contributed by atoms with Gasteiger partial charge in [0, 0.05) is 6.26 Å². The number of aryl methyl sites for hydroxylation is 1. The van der Waals surface area contributed by atoms with E-state index in [2.05, 4.69) is 40.2 Å². The summed E-state index contributed by atoms with van der Waals surface area (Å²) in [5.74, 6) is 0. The molecule has 0 fully saturated rings. The molecule has 0 amide bonds. The zero-order valence-corrected chi connectivity index (χ0v) is 13.2. The number of halogens is 1. The molecule has 0 N–H and O–H groups in total. The zero-order chi connectivity index (χ0) is 14.0. The summed E-state index contributed by atoms with van der Waals surface area (Å²) in [6.45, 7) is 2.05. The van der Waals surface area contributed by atoms with Crippen molar-refractivity contribution in [2.45, 2.75) is 16.6 Å². The summed E-state index contributed by atoms with van der Waals surface area (Å²) < 4.78 is 22.8. The standard InChI is InChI=1S/C15H15BrO2S/c1-11-3-5-12(6-4-11)15(16)13-7-9-14(10-8-13)19(2,17)18/h3-10,15H,1-2H3. The van der Waals surface area contributed by atoms with E-state index in [-0.39, 0.29) is 4.83 Å². The van der Waals surface area contributed by atoms with Crippen LogP contribution in [0.2, 0.25) is 0 Å². The molecular weight excluding hydrogens is 324 g/mol. The molecule has 4 heteroatoms. The fourth-order valence-electron chi connectivity index (χ4n) is 1.81. The van der Waals surface area contributed by atoms with Gasteiger partial charge in [-0.3, -0.25) is 0 Å². The number of hydrogen-bond acceptors (Lipinski definition) is 2. The van der Waals surface area contributed by atoms with Crippen LogP contribution >= 0.6 is 15.9 Å². The molecule has 2 nitrogen and oxygen atoms in total. The van der Waals surface area contributed by atoms with E-state index in [9.17, 15) is 8.42 Å². The predicted octanol–water partition coefficient (Wildman–Crippen LogP) is 3.88. The Kier molecular flexibility index (Phi) is 4.11. The number of alkyl halides is 1. The minimum atomic E-state index is -3.13. The number of sulfone groups is 1. The van der Waals surface area contributed by atoms with Crippen molar-refractivity contribution >= 4 is 25.8 Å². The molecule has 0 aliphatic carbocycles. The third kappa shape index (κ3) is 3.45. The van der Waals surface area contributed by atoms with E-state index in [0.29, 0.717) is 4.90 Å². The molecule has 2 rings (SSSR count). The van der Waals surface area contributed by atoms with Crippen molar-refractivity contribution in [1.82, 2.24) is 0 Å². The van der Waals surface area contributed by atoms with Crippen LogP contribution in [-0.2, 0) is 9.84 Å². The molecule has 0 saturated carbocycles. The molecule has 2 aromatic carbocycles. The van der Waals surface area contributed by atoms with Crippen molar-refractivity contribution in [1.29, 1.82) is 0 Å². The van der Waals surface area contributed by atoms with E-state index in [0.717, 1.165) is 11.1 Å². The topological polar surface area (TPSA) is 34.1 Å². The molecule has 0 saturated heterocycles. The molecule has 0 aliphatic heterocycles. The average molecular weight is 339 g/mol. The molecule has 100 valence electrons. The fraction of sp³-hybridized carbons (Fsp3) is 0.200. The van der Waals surface area contributed by atoms with E-state index in [1.54, 1.807) is 12.1 Å². The highest BCUT2D eigenvalue weighted by Crippen LogP contribution is 2.31. The molecule has 19 heavy (non-hydrogen) atoms. The second-order valence-electron chi connectivity index (χ2n) is 4.61. The summed E-state index contributed by atoms with van der Waals surface area (Å²) >= 11 is 3.64. The van der Waals surface area contributed by atoms with Crippen LogP contribution in [0.15, 0.2) is 53.4 Å². The monoisotopic (exact) mass is 338 g/mol. The maximum absolute atomic E-state index is 11.4. The lowest BCUT2D eigenvalue weighted by molar-refractivity contribution is 0.602. The summed E-state index contributed by atoms with van der Waals surface area (Å²) in [5, 5.41) is 0. The molecule has 1 atom stereocenters. The summed E-state index contributed by atoms with van der Waals surface area (Å²) in [5.41, 5.74) is 3.41. The molecule has 0 radical (unpaired) electrons. The Bertz CT molecular complexity index is 658. The Morgan fingerprint density at radius 1 is 0.895 bits per heavy atom. The van der Waals surface area contributed by atoms with Gasteiger partial charge in [-0.05, 0) is 30.2 Å². The number of rotatable bonds is 3. The molecule has 0 spiro atoms. The van der Waals surface area contributed by atoms with Gasteiger partial charge in [0.15, 0.2) is 9.84 Å². The first-order valence-electron chi connectivity index (χ1n) is 5.88. The highest BCUT2D eigenvalue weighted by Gasteiger charge is 2.12. The minimum Gasteiger partial charge on any atom is -0.224 e. The van der Waals surface area contributed by atoms with Gasteiger partial charge in [-0.2, -0.15) is 0 Å². The zero-order valence-electron chi connectivity index (χ0n) is 10.8. The third-order valence-electron chi connectivity index (χ3n) is 2.97. The lowest BCUT2D eigenvalue weighted by Crippen LogP contribution is -1.98. The Morgan fingerprint density at radius 3 is 1.74 bits per heavy atom. The molecule has 0 heterocycles. The largest absolute Gasteiger partial charge is 0.224 e. The van der Waals surface area contributed by atoms with E-state index in [1.165, 1.54) is 11.8 Å². The summed E-state index contributed by atoms with van der Waals surface area (Å²) in [6, 6.07) is 15.2. The van der Waals surface area contributed by atoms with Crippen LogP contribution in [0.5, 0.6) is 0 Å². The summed E-state index contributed by atoms with van der Waals surface area (Å²) in [4.78, 5) is 0.418. The van der Waals surface area contributed by atoms with Gasteiger partial charge in [0.25, 0.3) is 0 Å². The van der Waals surface area contributed by atoms with Gasteiger partial charge in [-0.1, -0.05) is 57.9 Å². The van der Waals surface area contributed by atoms with E-state index in [1.807, 2.05) is 19.1 Å². The summed E-state index contributed by atoms with van der Waals surface area (Å²) in [7, 11) is -3.13. The molecule has 2 aromatic rings. The van der Waals surface area contributed by atoms with Crippen molar-refractivity contribution in [2.75, 3.05) is 6.26 Å². The SMILES string of the molecule is Cc1ccc(C(Br)c2ccc(S(C)(=O)=O)cc2)cc1. The first-order valence-corrected chi connectivity index (χ1v) is 8.69. The van der Waals surface area contributed by atoms with Crippen molar-refractivity contribution in [3.05, 3.63) is 65.2 Å². The molecule has 0 aliphatic rings. The van der Waals surface area contributed by atoms with Crippen molar-refractivity contribution in [3.63, 3.8) is 0 Å². The second-order valence-corrected chi connectivity index (χ2v) is 7.55. The van der Waals surface area contributed by atoms with Gasteiger partial charge >= 0.3 is 0 Å². The minimum absolute atomic E-state index is 0.0710. The van der Waals surface area contributed by atoms with Crippen LogP contribution in [0.1, 0.15) is 21.5 Å². The predicted molar refractivity (Wildman–Crippen MR) is 81.5 cm³/mol. The van der Waals surface area contributed by atoms with Gasteiger partial charge in [0.05, 0.1) is 9.72 Å². The van der Waals surface area contributed by atoms with Crippen LogP contribution in [0, 0.1) is 6.92 Å². The van der Waals surface area contributed by atoms with Crippen molar-refractivity contribution < 1.29 is 8.42 Å². The molecule has 0 bridgehead atoms. The highest BCUT2D eigenvalue weighted by atomic mass is 79.9. The third-order valence-corrected chi connectivity index (χ3v) is 5.16. The van der Waals surface area contributed by atoms with Gasteiger partial charge < -0.3 is 0 Å². The highest BCUT2D eigenvalue weighted by molar-refractivity contribution is 9.09. The van der Waals surface area contributed by atoms with Crippen molar-refractivity contribution in [3.8, 4) is 0 Å². The fourth-order valence-corrected chi connectivity index (χ4v) is 3.05. The van der Waals surface area contributed by atoms with Gasteiger partial charge in [0.1, 0.15) is 0 Å². The van der Waals surface area contributed by atoms with Gasteiger partial charge in [-0.25, -0.2) is 8.42 Å². The van der Waals surface area contributed by atoms with Crippen molar-refractivity contribution in [2.24, 2.45) is 0 Å². The summed E-state index contributed by atoms with van der Waals surface area (Å²) in [6.07, 6.45) is 1.22. The van der Waals surface area contributed by atoms with Crippen LogP contribution in [-0.4, -0.2) is 14.7 Å². The Morgan fingerprint density at radius 2 is 1.32 bits per heavy atom. The second kappa shape index (κ2) is 5.47. The van der Waals surface area contributed by atoms with Crippen LogP contribution in [0.4, 0.5) is 0 Å². The van der Waals surface area contributed by atoms with Crippen LogP contribution < -0.4 is 0 Å². The molecular formula is C15H15BrO2S. The molecule has 1 unspecified atom stereocenters. The smallest absolute Gasteiger partial charge is 0.175 e. The van der Waals surface area contributed by atoms with Crippen LogP contribution in [0.3, 0.4) is 0 Å². The molecule has 0 aromatic heterocycles. The number of hydrogen-bond donors (Lipinski definition) is 0. The maximum atomic E-state index is 11.4. The maximum Gasteiger partial charge on any atom is 0.175 e. The van der Waals surface area contributed by atoms with E-state index < -0.39 is 9.84 Å². The Hall–Kier alpha value is -1.13. The first kappa shape index (κ1) is 14.3. The lowest BCUT2D eigenvalue weighted by atomic mass is 10.0. The van der Waals surface area contributed by atoms with E-state index >= 15 is 0 Å². The average Bonchev–Trinajstić information content (AvgIpc) is 2.38. The Labute approximate surface area is 122 Å². The van der Waals surface area contributed by atoms with E-state index in [4.69, 9.17) is 0 Å². The van der Waals surface area contributed by atoms with Crippen LogP contribution in [0.25, 0.3) is 0 Å². The first-order chi connectivity index (χ1) is 8.88. The number of benzene rings is 2. The normalized spacial score (nSPS) is 13.2. The quantitative estimate of drug-likeness (QED) is 0.795. The Balaban J connectivity index is 2.30.